The Kier molecular flexibility index (Phi) is 4.54. The molecule has 2 atom stereocenters. The molecule has 0 fully saturated rings. The minimum absolute atomic E-state index is 0.0545. The predicted molar refractivity (Wildman–Crippen MR) is 65.0 cm³/mol. The maximum atomic E-state index is 11.6. The Morgan fingerprint density at radius 2 is 1.88 bits per heavy atom. The van der Waals surface area contributed by atoms with Crippen molar-refractivity contribution in [1.29, 1.82) is 0 Å². The topological polar surface area (TPSA) is 29.5 Å². The van der Waals surface area contributed by atoms with Crippen LogP contribution in [0.5, 0.6) is 0 Å². The van der Waals surface area contributed by atoms with E-state index in [2.05, 4.69) is 25.7 Å². The van der Waals surface area contributed by atoms with Crippen molar-refractivity contribution >= 4 is 5.78 Å². The van der Waals surface area contributed by atoms with E-state index in [1.807, 2.05) is 6.92 Å². The fourth-order valence-electron chi connectivity index (χ4n) is 2.56. The van der Waals surface area contributed by atoms with E-state index in [-0.39, 0.29) is 17.9 Å². The van der Waals surface area contributed by atoms with E-state index in [0.717, 1.165) is 30.8 Å². The first-order valence-corrected chi connectivity index (χ1v) is 6.19. The third-order valence-electron chi connectivity index (χ3n) is 3.38. The quantitative estimate of drug-likeness (QED) is 0.720. The summed E-state index contributed by atoms with van der Waals surface area (Å²) in [6.07, 6.45) is 1.01. The molecule has 0 saturated heterocycles. The molecular weight excluding hydrogens is 202 g/mol. The Balaban J connectivity index is 2.92. The van der Waals surface area contributed by atoms with E-state index in [1.54, 1.807) is 6.92 Å². The van der Waals surface area contributed by atoms with Gasteiger partial charge in [0.1, 0.15) is 5.76 Å². The lowest BCUT2D eigenvalue weighted by molar-refractivity contribution is -0.114. The number of hydrogen-bond acceptors (Lipinski definition) is 3. The number of hydrogen-bond donors (Lipinski definition) is 0. The van der Waals surface area contributed by atoms with Crippen molar-refractivity contribution in [3.8, 4) is 0 Å². The summed E-state index contributed by atoms with van der Waals surface area (Å²) in [5.41, 5.74) is 0.888. The van der Waals surface area contributed by atoms with Gasteiger partial charge in [0.25, 0.3) is 0 Å². The van der Waals surface area contributed by atoms with E-state index in [9.17, 15) is 4.79 Å². The fraction of sp³-hybridized carbons (Fsp3) is 0.769. The second-order valence-electron chi connectivity index (χ2n) is 4.27. The molecule has 0 bridgehead atoms. The summed E-state index contributed by atoms with van der Waals surface area (Å²) < 4.78 is 5.87. The van der Waals surface area contributed by atoms with Gasteiger partial charge < -0.3 is 4.74 Å². The second-order valence-corrected chi connectivity index (χ2v) is 4.27. The number of ether oxygens (including phenoxy) is 1. The molecule has 0 radical (unpaired) electrons. The van der Waals surface area contributed by atoms with Crippen LogP contribution in [0.3, 0.4) is 0 Å². The highest BCUT2D eigenvalue weighted by molar-refractivity contribution is 5.94. The van der Waals surface area contributed by atoms with Gasteiger partial charge in [-0.15, -0.1) is 0 Å². The number of carbonyl (C=O) groups excluding carboxylic acids is 1. The molecule has 1 aliphatic heterocycles. The molecule has 0 aromatic rings. The van der Waals surface area contributed by atoms with Crippen LogP contribution in [0.15, 0.2) is 11.3 Å². The van der Waals surface area contributed by atoms with Crippen LogP contribution in [0.2, 0.25) is 0 Å². The molecule has 0 aromatic carbocycles. The van der Waals surface area contributed by atoms with Crippen LogP contribution >= 0.6 is 0 Å². The Hall–Kier alpha value is -0.830. The van der Waals surface area contributed by atoms with Crippen molar-refractivity contribution in [2.24, 2.45) is 5.92 Å². The Labute approximate surface area is 98.5 Å². The monoisotopic (exact) mass is 225 g/mol. The van der Waals surface area contributed by atoms with Crippen LogP contribution < -0.4 is 0 Å². The molecule has 0 N–H and O–H groups in total. The number of allylic oxidation sites excluding steroid dienone is 1. The molecule has 16 heavy (non-hydrogen) atoms. The van der Waals surface area contributed by atoms with E-state index in [1.165, 1.54) is 0 Å². The summed E-state index contributed by atoms with van der Waals surface area (Å²) in [6.45, 7) is 11.8. The average Bonchev–Trinajstić information content (AvgIpc) is 2.57. The molecule has 3 nitrogen and oxygen atoms in total. The molecule has 1 rings (SSSR count). The highest BCUT2D eigenvalue weighted by atomic mass is 16.5. The van der Waals surface area contributed by atoms with Crippen LogP contribution in [0, 0.1) is 5.92 Å². The van der Waals surface area contributed by atoms with Gasteiger partial charge in [-0.1, -0.05) is 20.8 Å². The van der Waals surface area contributed by atoms with Gasteiger partial charge in [0.05, 0.1) is 0 Å². The normalized spacial score (nSPS) is 25.1. The molecule has 2 unspecified atom stereocenters. The SMILES string of the molecule is CCC1C(C(C)=O)=C(C)OC1N(CC)CC. The number of Topliss-reactive ketones (excluding diaryl/α,β-unsaturated/α-hetero) is 1. The summed E-state index contributed by atoms with van der Waals surface area (Å²) >= 11 is 0. The highest BCUT2D eigenvalue weighted by Crippen LogP contribution is 2.35. The molecule has 1 heterocycles. The largest absolute Gasteiger partial charge is 0.479 e. The summed E-state index contributed by atoms with van der Waals surface area (Å²) in [5, 5.41) is 0. The lowest BCUT2D eigenvalue weighted by Gasteiger charge is -2.30. The third kappa shape index (κ3) is 2.29. The van der Waals surface area contributed by atoms with Gasteiger partial charge in [-0.05, 0) is 33.4 Å². The zero-order valence-corrected chi connectivity index (χ0v) is 11.0. The lowest BCUT2D eigenvalue weighted by atomic mass is 9.92. The maximum absolute atomic E-state index is 11.6. The van der Waals surface area contributed by atoms with Crippen LogP contribution in [0.1, 0.15) is 41.0 Å². The van der Waals surface area contributed by atoms with Crippen LogP contribution in [-0.4, -0.2) is 30.0 Å². The third-order valence-corrected chi connectivity index (χ3v) is 3.38. The molecule has 1 aliphatic rings. The van der Waals surface area contributed by atoms with Gasteiger partial charge in [0, 0.05) is 11.5 Å². The molecule has 0 aromatic heterocycles. The summed E-state index contributed by atoms with van der Waals surface area (Å²) in [6, 6.07) is 0. The minimum Gasteiger partial charge on any atom is -0.479 e. The molecular formula is C13H23NO2. The Bertz CT molecular complexity index is 292. The zero-order chi connectivity index (χ0) is 12.3. The first-order chi connectivity index (χ1) is 7.56. The Morgan fingerprint density at radius 1 is 1.31 bits per heavy atom. The van der Waals surface area contributed by atoms with E-state index >= 15 is 0 Å². The predicted octanol–water partition coefficient (Wildman–Crippen LogP) is 2.57. The molecule has 0 spiro atoms. The van der Waals surface area contributed by atoms with Gasteiger partial charge in [-0.25, -0.2) is 0 Å². The lowest BCUT2D eigenvalue weighted by Crippen LogP contribution is -2.40. The number of carbonyl (C=O) groups is 1. The molecule has 0 saturated carbocycles. The van der Waals surface area contributed by atoms with Gasteiger partial charge in [-0.3, -0.25) is 9.69 Å². The van der Waals surface area contributed by atoms with E-state index < -0.39 is 0 Å². The van der Waals surface area contributed by atoms with E-state index in [4.69, 9.17) is 4.74 Å². The van der Waals surface area contributed by atoms with Crippen LogP contribution in [0.25, 0.3) is 0 Å². The average molecular weight is 225 g/mol. The number of nitrogens with zero attached hydrogens (tertiary/aromatic N) is 1. The Morgan fingerprint density at radius 3 is 2.25 bits per heavy atom. The number of rotatable bonds is 5. The first-order valence-electron chi connectivity index (χ1n) is 6.19. The van der Waals surface area contributed by atoms with Gasteiger partial charge in [-0.2, -0.15) is 0 Å². The highest BCUT2D eigenvalue weighted by Gasteiger charge is 2.38. The second kappa shape index (κ2) is 5.48. The molecule has 0 amide bonds. The van der Waals surface area contributed by atoms with Crippen molar-refractivity contribution in [3.05, 3.63) is 11.3 Å². The van der Waals surface area contributed by atoms with Crippen molar-refractivity contribution in [3.63, 3.8) is 0 Å². The summed E-state index contributed by atoms with van der Waals surface area (Å²) in [5.74, 6) is 1.20. The van der Waals surface area contributed by atoms with Gasteiger partial charge in [0.2, 0.25) is 0 Å². The molecule has 0 aliphatic carbocycles. The summed E-state index contributed by atoms with van der Waals surface area (Å²) in [4.78, 5) is 13.9. The van der Waals surface area contributed by atoms with Crippen molar-refractivity contribution in [1.82, 2.24) is 4.90 Å². The number of ketones is 1. The minimum atomic E-state index is 0.0545. The van der Waals surface area contributed by atoms with Crippen LogP contribution in [0.4, 0.5) is 0 Å². The first kappa shape index (κ1) is 13.2. The summed E-state index contributed by atoms with van der Waals surface area (Å²) in [7, 11) is 0. The molecule has 92 valence electrons. The molecule has 3 heteroatoms. The van der Waals surface area contributed by atoms with Crippen molar-refractivity contribution in [2.45, 2.75) is 47.3 Å². The van der Waals surface area contributed by atoms with Crippen molar-refractivity contribution in [2.75, 3.05) is 13.1 Å². The maximum Gasteiger partial charge on any atom is 0.159 e. The fourth-order valence-corrected chi connectivity index (χ4v) is 2.56. The smallest absolute Gasteiger partial charge is 0.159 e. The van der Waals surface area contributed by atoms with Gasteiger partial charge >= 0.3 is 0 Å². The van der Waals surface area contributed by atoms with E-state index in [0.29, 0.717) is 0 Å². The van der Waals surface area contributed by atoms with Crippen molar-refractivity contribution < 1.29 is 9.53 Å². The van der Waals surface area contributed by atoms with Gasteiger partial charge in [0.15, 0.2) is 12.0 Å². The standard InChI is InChI=1S/C13H23NO2/c1-6-11-12(9(4)15)10(5)16-13(11)14(7-2)8-3/h11,13H,6-8H2,1-5H3. The van der Waals surface area contributed by atoms with Crippen LogP contribution in [-0.2, 0) is 9.53 Å². The zero-order valence-electron chi connectivity index (χ0n) is 11.0.